The van der Waals surface area contributed by atoms with Crippen molar-refractivity contribution in [1.29, 1.82) is 0 Å². The van der Waals surface area contributed by atoms with E-state index < -0.39 is 35.5 Å². The first-order valence-corrected chi connectivity index (χ1v) is 16.9. The van der Waals surface area contributed by atoms with E-state index in [1.165, 1.54) is 0 Å². The highest BCUT2D eigenvalue weighted by Crippen LogP contribution is 2.29. The molecule has 12 nitrogen and oxygen atoms in total. The second-order valence-electron chi connectivity index (χ2n) is 12.8. The van der Waals surface area contributed by atoms with E-state index in [1.54, 1.807) is 26.2 Å². The fourth-order valence-electron chi connectivity index (χ4n) is 5.68. The van der Waals surface area contributed by atoms with Crippen LogP contribution in [-0.4, -0.2) is 105 Å². The normalized spacial score (nSPS) is 19.0. The van der Waals surface area contributed by atoms with Gasteiger partial charge < -0.3 is 34.9 Å². The molecule has 0 spiro atoms. The summed E-state index contributed by atoms with van der Waals surface area (Å²) in [7, 11) is 1.56. The van der Waals surface area contributed by atoms with Crippen LogP contribution in [0.3, 0.4) is 0 Å². The zero-order valence-electron chi connectivity index (χ0n) is 28.6. The van der Waals surface area contributed by atoms with E-state index in [1.807, 2.05) is 77.7 Å². The second kappa shape index (κ2) is 17.9. The van der Waals surface area contributed by atoms with Crippen LogP contribution in [0.25, 0.3) is 0 Å². The first-order valence-electron chi connectivity index (χ1n) is 16.9. The number of benzene rings is 3. The Morgan fingerprint density at radius 1 is 0.760 bits per heavy atom. The SMILES string of the molecule is COc1ccc(C[C@H](NC(=O)[C@@H](COCc2ccccc2)NC(=O)CN2CCOCC2)C(=O)N[C@@H](Cc2ccccc2)C(=O)[C@@]2(C)CO2)cc1. The van der Waals surface area contributed by atoms with E-state index in [0.29, 0.717) is 32.1 Å². The molecule has 2 saturated heterocycles. The summed E-state index contributed by atoms with van der Waals surface area (Å²) < 4.78 is 22.0. The van der Waals surface area contributed by atoms with Crippen molar-refractivity contribution in [2.45, 2.75) is 50.1 Å². The van der Waals surface area contributed by atoms with Crippen molar-refractivity contribution in [3.63, 3.8) is 0 Å². The number of morpholine rings is 1. The van der Waals surface area contributed by atoms with Gasteiger partial charge in [-0.2, -0.15) is 0 Å². The minimum atomic E-state index is -1.10. The number of nitrogens with zero attached hydrogens (tertiary/aromatic N) is 1. The van der Waals surface area contributed by atoms with Crippen LogP contribution in [0.5, 0.6) is 5.75 Å². The smallest absolute Gasteiger partial charge is 0.245 e. The lowest BCUT2D eigenvalue weighted by Crippen LogP contribution is -2.59. The van der Waals surface area contributed by atoms with Crippen LogP contribution in [0.4, 0.5) is 0 Å². The van der Waals surface area contributed by atoms with Gasteiger partial charge in [-0.05, 0) is 42.2 Å². The molecule has 2 fully saturated rings. The summed E-state index contributed by atoms with van der Waals surface area (Å²) in [6, 6.07) is 22.9. The number of amides is 3. The maximum absolute atomic E-state index is 14.1. The van der Waals surface area contributed by atoms with Gasteiger partial charge in [0.25, 0.3) is 0 Å². The molecule has 2 aliphatic rings. The number of ketones is 1. The summed E-state index contributed by atoms with van der Waals surface area (Å²) in [5.74, 6) is -1.09. The summed E-state index contributed by atoms with van der Waals surface area (Å²) in [6.45, 7) is 4.42. The fourth-order valence-corrected chi connectivity index (χ4v) is 5.68. The van der Waals surface area contributed by atoms with Gasteiger partial charge in [0, 0.05) is 19.5 Å². The molecule has 3 N–H and O–H groups in total. The number of rotatable bonds is 18. The van der Waals surface area contributed by atoms with Crippen molar-refractivity contribution in [2.75, 3.05) is 53.2 Å². The number of Topliss-reactive ketones (excluding diaryl/α,β-unsaturated/α-hetero) is 1. The summed E-state index contributed by atoms with van der Waals surface area (Å²) in [5, 5.41) is 8.59. The van der Waals surface area contributed by atoms with Crippen molar-refractivity contribution >= 4 is 23.5 Å². The van der Waals surface area contributed by atoms with Gasteiger partial charge in [-0.1, -0.05) is 72.8 Å². The van der Waals surface area contributed by atoms with Crippen LogP contribution in [0.2, 0.25) is 0 Å². The molecule has 3 aromatic carbocycles. The second-order valence-corrected chi connectivity index (χ2v) is 12.8. The Balaban J connectivity index is 1.34. The molecule has 3 aromatic rings. The number of epoxide rings is 1. The molecule has 0 unspecified atom stereocenters. The predicted molar refractivity (Wildman–Crippen MR) is 185 cm³/mol. The summed E-state index contributed by atoms with van der Waals surface area (Å²) >= 11 is 0. The van der Waals surface area contributed by atoms with E-state index in [2.05, 4.69) is 16.0 Å². The molecule has 2 aliphatic heterocycles. The van der Waals surface area contributed by atoms with Gasteiger partial charge in [-0.15, -0.1) is 0 Å². The Morgan fingerprint density at radius 3 is 1.94 bits per heavy atom. The minimum absolute atomic E-state index is 0.0890. The molecule has 0 aromatic heterocycles. The third-order valence-electron chi connectivity index (χ3n) is 8.76. The van der Waals surface area contributed by atoms with Gasteiger partial charge >= 0.3 is 0 Å². The maximum atomic E-state index is 14.1. The Hall–Kier alpha value is -4.62. The van der Waals surface area contributed by atoms with Crippen molar-refractivity contribution in [1.82, 2.24) is 20.9 Å². The highest BCUT2D eigenvalue weighted by Gasteiger charge is 2.50. The van der Waals surface area contributed by atoms with E-state index in [0.717, 1.165) is 16.7 Å². The average molecular weight is 687 g/mol. The van der Waals surface area contributed by atoms with Crippen LogP contribution in [0, 0.1) is 0 Å². The van der Waals surface area contributed by atoms with Crippen LogP contribution in [0.15, 0.2) is 84.9 Å². The monoisotopic (exact) mass is 686 g/mol. The molecule has 50 heavy (non-hydrogen) atoms. The van der Waals surface area contributed by atoms with Gasteiger partial charge in [0.15, 0.2) is 5.78 Å². The van der Waals surface area contributed by atoms with Gasteiger partial charge in [0.1, 0.15) is 23.4 Å². The first kappa shape index (κ1) is 36.7. The number of hydrogen-bond donors (Lipinski definition) is 3. The molecule has 0 saturated carbocycles. The van der Waals surface area contributed by atoms with Crippen LogP contribution in [-0.2, 0) is 52.8 Å². The quantitative estimate of drug-likeness (QED) is 0.171. The molecular weight excluding hydrogens is 640 g/mol. The molecule has 0 radical (unpaired) electrons. The van der Waals surface area contributed by atoms with Crippen LogP contribution in [0.1, 0.15) is 23.6 Å². The number of hydrogen-bond acceptors (Lipinski definition) is 9. The van der Waals surface area contributed by atoms with E-state index in [4.69, 9.17) is 18.9 Å². The molecule has 3 amide bonds. The fraction of sp³-hybridized carbons (Fsp3) is 0.421. The zero-order valence-corrected chi connectivity index (χ0v) is 28.6. The molecule has 0 aliphatic carbocycles. The Morgan fingerprint density at radius 2 is 1.32 bits per heavy atom. The standard InChI is InChI=1S/C38H46N4O8/c1-38(26-50-38)35(44)31(21-27-9-5-3-6-10-27)40-36(45)32(22-28-13-15-30(47-2)16-14-28)41-37(46)33(25-49-24-29-11-7-4-8-12-29)39-34(43)23-42-17-19-48-20-18-42/h3-16,31-33H,17-26H2,1-2H3,(H,39,43)(H,40,45)(H,41,46)/t31-,32-,33+,38+/m0/s1. The Kier molecular flexibility index (Phi) is 13.1. The van der Waals surface area contributed by atoms with Gasteiger partial charge in [0.2, 0.25) is 17.7 Å². The van der Waals surface area contributed by atoms with E-state index in [9.17, 15) is 19.2 Å². The lowest BCUT2D eigenvalue weighted by atomic mass is 9.94. The maximum Gasteiger partial charge on any atom is 0.245 e. The highest BCUT2D eigenvalue weighted by atomic mass is 16.6. The minimum Gasteiger partial charge on any atom is -0.497 e. The zero-order chi connectivity index (χ0) is 35.3. The molecule has 4 atom stereocenters. The number of ether oxygens (including phenoxy) is 4. The van der Waals surface area contributed by atoms with Crippen molar-refractivity contribution < 1.29 is 38.1 Å². The van der Waals surface area contributed by atoms with E-state index in [-0.39, 0.29) is 50.9 Å². The molecular formula is C38H46N4O8. The number of methoxy groups -OCH3 is 1. The summed E-state index contributed by atoms with van der Waals surface area (Å²) in [6.07, 6.45) is 0.363. The number of carbonyl (C=O) groups excluding carboxylic acids is 4. The molecule has 12 heteroatoms. The Labute approximate surface area is 292 Å². The van der Waals surface area contributed by atoms with Gasteiger partial charge in [0.05, 0.1) is 52.7 Å². The predicted octanol–water partition coefficient (Wildman–Crippen LogP) is 1.84. The molecule has 0 bridgehead atoms. The van der Waals surface area contributed by atoms with Gasteiger partial charge in [-0.3, -0.25) is 24.1 Å². The van der Waals surface area contributed by atoms with Crippen molar-refractivity contribution in [3.8, 4) is 5.75 Å². The van der Waals surface area contributed by atoms with Crippen LogP contribution < -0.4 is 20.7 Å². The number of nitrogens with one attached hydrogen (secondary N) is 3. The summed E-state index contributed by atoms with van der Waals surface area (Å²) in [4.78, 5) is 56.7. The topological polar surface area (TPSA) is 148 Å². The molecule has 266 valence electrons. The van der Waals surface area contributed by atoms with Crippen LogP contribution >= 0.6 is 0 Å². The van der Waals surface area contributed by atoms with E-state index >= 15 is 0 Å². The Bertz CT molecular complexity index is 1560. The van der Waals surface area contributed by atoms with Gasteiger partial charge in [-0.25, -0.2) is 0 Å². The molecule has 5 rings (SSSR count). The first-order chi connectivity index (χ1) is 24.2. The largest absolute Gasteiger partial charge is 0.497 e. The summed E-state index contributed by atoms with van der Waals surface area (Å²) in [5.41, 5.74) is 1.55. The third kappa shape index (κ3) is 10.9. The average Bonchev–Trinajstić information content (AvgIpc) is 3.90. The molecule has 2 heterocycles. The number of carbonyl (C=O) groups is 4. The van der Waals surface area contributed by atoms with Crippen molar-refractivity contribution in [2.24, 2.45) is 0 Å². The third-order valence-corrected chi connectivity index (χ3v) is 8.76. The lowest BCUT2D eigenvalue weighted by molar-refractivity contribution is -0.135. The lowest BCUT2D eigenvalue weighted by Gasteiger charge is -2.28. The highest BCUT2D eigenvalue weighted by molar-refractivity contribution is 5.98. The van der Waals surface area contributed by atoms with Crippen molar-refractivity contribution in [3.05, 3.63) is 102 Å².